The van der Waals surface area contributed by atoms with Crippen LogP contribution in [0.4, 0.5) is 0 Å². The Morgan fingerprint density at radius 1 is 1.08 bits per heavy atom. The van der Waals surface area contributed by atoms with Gasteiger partial charge in [0, 0.05) is 5.56 Å². The van der Waals surface area contributed by atoms with Gasteiger partial charge >= 0.3 is 0 Å². The van der Waals surface area contributed by atoms with E-state index < -0.39 is 0 Å². The van der Waals surface area contributed by atoms with Crippen molar-refractivity contribution >= 4 is 11.9 Å². The van der Waals surface area contributed by atoms with Crippen LogP contribution >= 0.6 is 0 Å². The van der Waals surface area contributed by atoms with E-state index in [1.807, 2.05) is 19.9 Å². The molecule has 2 aromatic carbocycles. The lowest BCUT2D eigenvalue weighted by Gasteiger charge is -2.05. The molecule has 0 atom stereocenters. The minimum Gasteiger partial charge on any atom is -0.508 e. The van der Waals surface area contributed by atoms with E-state index in [2.05, 4.69) is 0 Å². The van der Waals surface area contributed by atoms with Crippen LogP contribution in [-0.2, 0) is 6.42 Å². The molecule has 4 nitrogen and oxygen atoms in total. The number of hydrogen-bond donors (Lipinski definition) is 2. The van der Waals surface area contributed by atoms with Crippen LogP contribution in [0.1, 0.15) is 35.3 Å². The Balaban J connectivity index is 2.20. The van der Waals surface area contributed by atoms with E-state index >= 15 is 0 Å². The van der Waals surface area contributed by atoms with E-state index in [0.717, 1.165) is 11.1 Å². The first kappa shape index (κ1) is 18.3. The molecule has 2 rings (SSSR count). The SMILES string of the molecule is COc1cc(/C=C/C(=O)c2ccc(O)c(CC=C(C)C)c2)ccc1O. The average molecular weight is 338 g/mol. The molecule has 130 valence electrons. The van der Waals surface area contributed by atoms with Gasteiger partial charge in [-0.05, 0) is 67.8 Å². The van der Waals surface area contributed by atoms with Gasteiger partial charge in [0.1, 0.15) is 5.75 Å². The summed E-state index contributed by atoms with van der Waals surface area (Å²) in [6.07, 6.45) is 5.70. The fourth-order valence-corrected chi connectivity index (χ4v) is 2.28. The molecule has 4 heteroatoms. The van der Waals surface area contributed by atoms with Crippen LogP contribution in [0.15, 0.2) is 54.1 Å². The molecule has 0 aliphatic carbocycles. The highest BCUT2D eigenvalue weighted by atomic mass is 16.5. The van der Waals surface area contributed by atoms with Crippen molar-refractivity contribution in [3.63, 3.8) is 0 Å². The quantitative estimate of drug-likeness (QED) is 0.462. The maximum Gasteiger partial charge on any atom is 0.185 e. The molecule has 0 aliphatic heterocycles. The second-order valence-electron chi connectivity index (χ2n) is 5.96. The molecule has 0 aliphatic rings. The van der Waals surface area contributed by atoms with E-state index in [1.54, 1.807) is 36.4 Å². The van der Waals surface area contributed by atoms with Crippen LogP contribution in [0.3, 0.4) is 0 Å². The first-order valence-electron chi connectivity index (χ1n) is 7.95. The molecule has 0 amide bonds. The van der Waals surface area contributed by atoms with Gasteiger partial charge in [-0.2, -0.15) is 0 Å². The van der Waals surface area contributed by atoms with Crippen LogP contribution in [0.25, 0.3) is 6.08 Å². The lowest BCUT2D eigenvalue weighted by molar-refractivity contribution is 0.104. The minimum atomic E-state index is -0.162. The third-order valence-electron chi connectivity index (χ3n) is 3.73. The topological polar surface area (TPSA) is 66.8 Å². The van der Waals surface area contributed by atoms with Gasteiger partial charge in [-0.3, -0.25) is 4.79 Å². The average Bonchev–Trinajstić information content (AvgIpc) is 2.59. The van der Waals surface area contributed by atoms with Crippen molar-refractivity contribution in [1.82, 2.24) is 0 Å². The molecule has 0 radical (unpaired) electrons. The minimum absolute atomic E-state index is 0.0495. The van der Waals surface area contributed by atoms with Gasteiger partial charge < -0.3 is 14.9 Å². The summed E-state index contributed by atoms with van der Waals surface area (Å²) in [5.41, 5.74) is 3.12. The van der Waals surface area contributed by atoms with Gasteiger partial charge in [0.15, 0.2) is 17.3 Å². The van der Waals surface area contributed by atoms with Crippen LogP contribution in [0.5, 0.6) is 17.2 Å². The molecule has 0 bridgehead atoms. The Kier molecular flexibility index (Phi) is 6.01. The molecule has 0 fully saturated rings. The maximum atomic E-state index is 12.4. The smallest absolute Gasteiger partial charge is 0.185 e. The number of allylic oxidation sites excluding steroid dienone is 3. The lowest BCUT2D eigenvalue weighted by atomic mass is 10.0. The van der Waals surface area contributed by atoms with Crippen molar-refractivity contribution < 1.29 is 19.7 Å². The lowest BCUT2D eigenvalue weighted by Crippen LogP contribution is -1.96. The van der Waals surface area contributed by atoms with Crippen molar-refractivity contribution in [2.24, 2.45) is 0 Å². The van der Waals surface area contributed by atoms with Gasteiger partial charge in [0.25, 0.3) is 0 Å². The number of carbonyl (C=O) groups excluding carboxylic acids is 1. The highest BCUT2D eigenvalue weighted by molar-refractivity contribution is 6.07. The zero-order valence-electron chi connectivity index (χ0n) is 14.6. The second-order valence-corrected chi connectivity index (χ2v) is 5.96. The molecule has 0 spiro atoms. The normalized spacial score (nSPS) is 10.7. The Labute approximate surface area is 147 Å². The number of hydrogen-bond acceptors (Lipinski definition) is 4. The Hall–Kier alpha value is -3.01. The van der Waals surface area contributed by atoms with Crippen molar-refractivity contribution in [2.75, 3.05) is 7.11 Å². The van der Waals surface area contributed by atoms with Gasteiger partial charge in [-0.15, -0.1) is 0 Å². The first-order valence-corrected chi connectivity index (χ1v) is 7.95. The number of aromatic hydroxyl groups is 2. The Morgan fingerprint density at radius 3 is 2.48 bits per heavy atom. The number of methoxy groups -OCH3 is 1. The first-order chi connectivity index (χ1) is 11.9. The summed E-state index contributed by atoms with van der Waals surface area (Å²) < 4.78 is 5.05. The zero-order chi connectivity index (χ0) is 18.4. The van der Waals surface area contributed by atoms with Crippen LogP contribution < -0.4 is 4.74 Å². The molecule has 0 saturated heterocycles. The van der Waals surface area contributed by atoms with Crippen LogP contribution in [0.2, 0.25) is 0 Å². The van der Waals surface area contributed by atoms with Crippen molar-refractivity contribution in [1.29, 1.82) is 0 Å². The van der Waals surface area contributed by atoms with Crippen LogP contribution in [-0.4, -0.2) is 23.1 Å². The largest absolute Gasteiger partial charge is 0.508 e. The summed E-state index contributed by atoms with van der Waals surface area (Å²) >= 11 is 0. The highest BCUT2D eigenvalue weighted by Crippen LogP contribution is 2.27. The van der Waals surface area contributed by atoms with E-state index in [4.69, 9.17) is 4.74 Å². The van der Waals surface area contributed by atoms with Gasteiger partial charge in [0.05, 0.1) is 7.11 Å². The Morgan fingerprint density at radius 2 is 1.80 bits per heavy atom. The molecule has 0 unspecified atom stereocenters. The molecule has 0 aromatic heterocycles. The van der Waals surface area contributed by atoms with Gasteiger partial charge in [-0.25, -0.2) is 0 Å². The molecular weight excluding hydrogens is 316 g/mol. The molecule has 25 heavy (non-hydrogen) atoms. The van der Waals surface area contributed by atoms with E-state index in [9.17, 15) is 15.0 Å². The predicted octanol–water partition coefficient (Wildman–Crippen LogP) is 4.51. The summed E-state index contributed by atoms with van der Waals surface area (Å²) in [5.74, 6) is 0.420. The summed E-state index contributed by atoms with van der Waals surface area (Å²) in [7, 11) is 1.47. The number of rotatable bonds is 6. The summed E-state index contributed by atoms with van der Waals surface area (Å²) in [6.45, 7) is 3.97. The third kappa shape index (κ3) is 4.98. The van der Waals surface area contributed by atoms with Gasteiger partial charge in [-0.1, -0.05) is 23.8 Å². The molecule has 2 N–H and O–H groups in total. The number of phenolic OH excluding ortho intramolecular Hbond substituents is 2. The number of ketones is 1. The maximum absolute atomic E-state index is 12.4. The summed E-state index contributed by atoms with van der Waals surface area (Å²) in [4.78, 5) is 12.4. The fourth-order valence-electron chi connectivity index (χ4n) is 2.28. The molecule has 0 saturated carbocycles. The van der Waals surface area contributed by atoms with E-state index in [0.29, 0.717) is 23.3 Å². The number of benzene rings is 2. The van der Waals surface area contributed by atoms with Crippen molar-refractivity contribution in [2.45, 2.75) is 20.3 Å². The summed E-state index contributed by atoms with van der Waals surface area (Å²) in [6, 6.07) is 9.71. The number of carbonyl (C=O) groups is 1. The second kappa shape index (κ2) is 8.20. The predicted molar refractivity (Wildman–Crippen MR) is 99.3 cm³/mol. The van der Waals surface area contributed by atoms with Crippen molar-refractivity contribution in [3.8, 4) is 17.2 Å². The number of phenols is 2. The molecular formula is C21H22O4. The van der Waals surface area contributed by atoms with E-state index in [-0.39, 0.29) is 17.3 Å². The molecule has 2 aromatic rings. The van der Waals surface area contributed by atoms with Crippen molar-refractivity contribution in [3.05, 3.63) is 70.8 Å². The van der Waals surface area contributed by atoms with Gasteiger partial charge in [0.2, 0.25) is 0 Å². The van der Waals surface area contributed by atoms with E-state index in [1.165, 1.54) is 19.3 Å². The summed E-state index contributed by atoms with van der Waals surface area (Å²) in [5, 5.41) is 19.5. The number of ether oxygens (including phenoxy) is 1. The monoisotopic (exact) mass is 338 g/mol. The zero-order valence-corrected chi connectivity index (χ0v) is 14.6. The Bertz CT molecular complexity index is 828. The fraction of sp³-hybridized carbons (Fsp3) is 0.190. The standard InChI is InChI=1S/C21H22O4/c1-14(2)4-7-16-13-17(8-11-19(16)23)18(22)9-5-15-6-10-20(24)21(12-15)25-3/h4-6,8-13,23-24H,7H2,1-3H3/b9-5+. The van der Waals surface area contributed by atoms with Crippen LogP contribution in [0, 0.1) is 0 Å². The molecule has 0 heterocycles. The highest BCUT2D eigenvalue weighted by Gasteiger charge is 2.07. The third-order valence-corrected chi connectivity index (χ3v) is 3.73.